The normalized spacial score (nSPS) is 38.3. The topological polar surface area (TPSA) is 65.1 Å². The van der Waals surface area contributed by atoms with E-state index in [0.717, 1.165) is 0 Å². The molecule has 0 aromatic carbocycles. The van der Waals surface area contributed by atoms with Gasteiger partial charge < -0.3 is 14.2 Å². The molecule has 4 atom stereocenters. The second-order valence-corrected chi connectivity index (χ2v) is 5.13. The molecule has 102 valence electrons. The van der Waals surface area contributed by atoms with E-state index in [4.69, 9.17) is 14.2 Å². The van der Waals surface area contributed by atoms with Crippen LogP contribution < -0.4 is 0 Å². The van der Waals surface area contributed by atoms with Gasteiger partial charge in [-0.3, -0.25) is 9.59 Å². The van der Waals surface area contributed by atoms with E-state index < -0.39 is 0 Å². The van der Waals surface area contributed by atoms with E-state index in [1.807, 2.05) is 13.8 Å². The first-order valence-corrected chi connectivity index (χ1v) is 6.59. The zero-order valence-electron chi connectivity index (χ0n) is 10.9. The summed E-state index contributed by atoms with van der Waals surface area (Å²) in [6.07, 6.45) is 2.44. The fourth-order valence-corrected chi connectivity index (χ4v) is 2.34. The van der Waals surface area contributed by atoms with Crippen LogP contribution in [-0.4, -0.2) is 36.4 Å². The molecule has 0 aromatic heterocycles. The average Bonchev–Trinajstić information content (AvgIpc) is 3.00. The minimum absolute atomic E-state index is 0.110. The third-order valence-corrected chi connectivity index (χ3v) is 3.28. The van der Waals surface area contributed by atoms with Crippen LogP contribution in [0.2, 0.25) is 0 Å². The molecule has 0 spiro atoms. The first kappa shape index (κ1) is 13.3. The number of esters is 2. The summed E-state index contributed by atoms with van der Waals surface area (Å²) in [7, 11) is 0. The summed E-state index contributed by atoms with van der Waals surface area (Å²) in [4.78, 5) is 23.1. The molecular formula is C13H20O5. The van der Waals surface area contributed by atoms with Gasteiger partial charge in [0.15, 0.2) is 0 Å². The second kappa shape index (κ2) is 5.69. The van der Waals surface area contributed by atoms with Crippen molar-refractivity contribution in [3.8, 4) is 0 Å². The van der Waals surface area contributed by atoms with Crippen molar-refractivity contribution >= 4 is 11.9 Å². The van der Waals surface area contributed by atoms with Crippen LogP contribution in [0.1, 0.15) is 46.0 Å². The van der Waals surface area contributed by atoms with E-state index in [-0.39, 0.29) is 36.4 Å². The minimum atomic E-state index is -0.225. The third-order valence-electron chi connectivity index (χ3n) is 3.28. The van der Waals surface area contributed by atoms with Gasteiger partial charge in [-0.25, -0.2) is 0 Å². The van der Waals surface area contributed by atoms with Gasteiger partial charge in [-0.05, 0) is 26.7 Å². The predicted molar refractivity (Wildman–Crippen MR) is 62.9 cm³/mol. The Morgan fingerprint density at radius 1 is 0.889 bits per heavy atom. The van der Waals surface area contributed by atoms with E-state index >= 15 is 0 Å². The van der Waals surface area contributed by atoms with E-state index in [2.05, 4.69) is 0 Å². The van der Waals surface area contributed by atoms with E-state index in [0.29, 0.717) is 32.1 Å². The van der Waals surface area contributed by atoms with Crippen LogP contribution in [0, 0.1) is 0 Å². The number of carbonyl (C=O) groups is 2. The monoisotopic (exact) mass is 256 g/mol. The largest absolute Gasteiger partial charge is 0.463 e. The number of cyclic esters (lactones) is 2. The van der Waals surface area contributed by atoms with Crippen molar-refractivity contribution in [2.45, 2.75) is 70.4 Å². The quantitative estimate of drug-likeness (QED) is 0.486. The first-order valence-electron chi connectivity index (χ1n) is 6.59. The Morgan fingerprint density at radius 2 is 1.33 bits per heavy atom. The van der Waals surface area contributed by atoms with Gasteiger partial charge in [0.25, 0.3) is 0 Å². The highest BCUT2D eigenvalue weighted by Crippen LogP contribution is 2.31. The van der Waals surface area contributed by atoms with Crippen LogP contribution >= 0.6 is 0 Å². The third kappa shape index (κ3) is 3.98. The summed E-state index contributed by atoms with van der Waals surface area (Å²) in [6, 6.07) is 0. The van der Waals surface area contributed by atoms with E-state index in [9.17, 15) is 9.59 Å². The summed E-state index contributed by atoms with van der Waals surface area (Å²) < 4.78 is 15.9. The molecule has 0 aromatic rings. The van der Waals surface area contributed by atoms with Gasteiger partial charge >= 0.3 is 11.9 Å². The second-order valence-electron chi connectivity index (χ2n) is 5.13. The molecule has 0 N–H and O–H groups in total. The Bertz CT molecular complexity index is 297. The lowest BCUT2D eigenvalue weighted by molar-refractivity contribution is -0.154. The number of fused-ring (bicyclic) bond motifs is 1. The van der Waals surface area contributed by atoms with Gasteiger partial charge in [0, 0.05) is 19.3 Å². The van der Waals surface area contributed by atoms with Crippen molar-refractivity contribution in [1.29, 1.82) is 0 Å². The van der Waals surface area contributed by atoms with Crippen LogP contribution in [-0.2, 0) is 23.8 Å². The van der Waals surface area contributed by atoms with Crippen LogP contribution in [0.4, 0.5) is 0 Å². The molecule has 2 fully saturated rings. The van der Waals surface area contributed by atoms with Crippen LogP contribution in [0.5, 0.6) is 0 Å². The highest BCUT2D eigenvalue weighted by Gasteiger charge is 2.39. The standard InChI is InChI=1S/C13H20O5/c1-8-7-9(2)17-13(15)6-4-11-10(18-11)3-5-12(14)16-8/h8-11H,3-7H2,1-2H3/t8-,9-,10+,11+/m1/s1. The van der Waals surface area contributed by atoms with E-state index in [1.165, 1.54) is 0 Å². The van der Waals surface area contributed by atoms with Crippen LogP contribution in [0.25, 0.3) is 0 Å². The lowest BCUT2D eigenvalue weighted by Crippen LogP contribution is -2.23. The van der Waals surface area contributed by atoms with Crippen LogP contribution in [0.3, 0.4) is 0 Å². The van der Waals surface area contributed by atoms with Gasteiger partial charge in [0.1, 0.15) is 12.2 Å². The fraction of sp³-hybridized carbons (Fsp3) is 0.846. The summed E-state index contributed by atoms with van der Waals surface area (Å²) in [6.45, 7) is 3.64. The minimum Gasteiger partial charge on any atom is -0.463 e. The average molecular weight is 256 g/mol. The van der Waals surface area contributed by atoms with E-state index in [1.54, 1.807) is 0 Å². The lowest BCUT2D eigenvalue weighted by atomic mass is 10.1. The summed E-state index contributed by atoms with van der Waals surface area (Å²) in [5.74, 6) is -0.399. The van der Waals surface area contributed by atoms with Crippen LogP contribution in [0.15, 0.2) is 0 Å². The zero-order valence-corrected chi connectivity index (χ0v) is 10.9. The Balaban J connectivity index is 1.91. The van der Waals surface area contributed by atoms with Crippen molar-refractivity contribution in [3.63, 3.8) is 0 Å². The molecule has 0 unspecified atom stereocenters. The molecule has 0 bridgehead atoms. The predicted octanol–water partition coefficient (Wildman–Crippen LogP) is 1.58. The van der Waals surface area contributed by atoms with Crippen molar-refractivity contribution < 1.29 is 23.8 Å². The Labute approximate surface area is 107 Å². The summed E-state index contributed by atoms with van der Waals surface area (Å²) in [5.41, 5.74) is 0. The van der Waals surface area contributed by atoms with Crippen molar-refractivity contribution in [2.75, 3.05) is 0 Å². The zero-order chi connectivity index (χ0) is 13.1. The number of carbonyl (C=O) groups excluding carboxylic acids is 2. The Morgan fingerprint density at radius 3 is 1.78 bits per heavy atom. The molecule has 2 aliphatic rings. The Kier molecular flexibility index (Phi) is 4.22. The lowest BCUT2D eigenvalue weighted by Gasteiger charge is -2.18. The molecule has 2 heterocycles. The Hall–Kier alpha value is -1.10. The molecule has 0 saturated carbocycles. The summed E-state index contributed by atoms with van der Waals surface area (Å²) in [5, 5.41) is 0. The number of hydrogen-bond acceptors (Lipinski definition) is 5. The van der Waals surface area contributed by atoms with Gasteiger partial charge in [-0.2, -0.15) is 0 Å². The molecule has 0 aliphatic carbocycles. The maximum Gasteiger partial charge on any atom is 0.306 e. The fourth-order valence-electron chi connectivity index (χ4n) is 2.34. The van der Waals surface area contributed by atoms with Crippen molar-refractivity contribution in [2.24, 2.45) is 0 Å². The van der Waals surface area contributed by atoms with Crippen molar-refractivity contribution in [1.82, 2.24) is 0 Å². The molecule has 18 heavy (non-hydrogen) atoms. The van der Waals surface area contributed by atoms with Gasteiger partial charge in [0.2, 0.25) is 0 Å². The van der Waals surface area contributed by atoms with Gasteiger partial charge in [-0.1, -0.05) is 0 Å². The molecule has 2 rings (SSSR count). The SMILES string of the molecule is C[C@@H]1C[C@@H](C)OC(=O)CC[C@@H]2O[C@H]2CCC(=O)O1. The number of ether oxygens (including phenoxy) is 3. The van der Waals surface area contributed by atoms with Crippen molar-refractivity contribution in [3.05, 3.63) is 0 Å². The first-order chi connectivity index (χ1) is 8.54. The number of hydrogen-bond donors (Lipinski definition) is 0. The number of rotatable bonds is 0. The highest BCUT2D eigenvalue weighted by molar-refractivity contribution is 5.70. The molecule has 2 aliphatic heterocycles. The molecule has 2 saturated heterocycles. The number of epoxide rings is 1. The maximum absolute atomic E-state index is 11.5. The molecule has 5 nitrogen and oxygen atoms in total. The molecule has 0 amide bonds. The van der Waals surface area contributed by atoms with Gasteiger partial charge in [-0.15, -0.1) is 0 Å². The maximum atomic E-state index is 11.5. The highest BCUT2D eigenvalue weighted by atomic mass is 16.6. The molecular weight excluding hydrogens is 236 g/mol. The smallest absolute Gasteiger partial charge is 0.306 e. The molecule has 5 heteroatoms. The van der Waals surface area contributed by atoms with Gasteiger partial charge in [0.05, 0.1) is 12.2 Å². The molecule has 0 radical (unpaired) electrons. The summed E-state index contributed by atoms with van der Waals surface area (Å²) >= 11 is 0.